The first-order valence-corrected chi connectivity index (χ1v) is 3.19. The molecule has 0 atom stereocenters. The van der Waals surface area contributed by atoms with Gasteiger partial charge in [0.05, 0.1) is 0 Å². The van der Waals surface area contributed by atoms with E-state index in [1.54, 1.807) is 0 Å². The van der Waals surface area contributed by atoms with Crippen LogP contribution < -0.4 is 0 Å². The minimum Gasteiger partial charge on any atom is -0.135 e. The van der Waals surface area contributed by atoms with Gasteiger partial charge in [0.15, 0.2) is 0 Å². The van der Waals surface area contributed by atoms with Crippen LogP contribution in [-0.2, 0) is 0 Å². The molecule has 0 aromatic carbocycles. The van der Waals surface area contributed by atoms with Gasteiger partial charge in [0.1, 0.15) is 0 Å². The van der Waals surface area contributed by atoms with E-state index in [1.807, 2.05) is 24.8 Å². The Bertz CT molecular complexity index is 39.2. The van der Waals surface area contributed by atoms with Gasteiger partial charge in [-0.25, -0.2) is 0 Å². The second-order valence-electron chi connectivity index (χ2n) is 0.925. The maximum absolute atomic E-state index is 2.14. The lowest BCUT2D eigenvalue weighted by molar-refractivity contribution is 1.53. The van der Waals surface area contributed by atoms with Crippen LogP contribution in [0.2, 0.25) is 0 Å². The topological polar surface area (TPSA) is 0 Å². The van der Waals surface area contributed by atoms with E-state index in [1.165, 1.54) is 5.75 Å². The fraction of sp³-hybridized carbons (Fsp3) is 0.600. The van der Waals surface area contributed by atoms with Crippen molar-refractivity contribution in [1.82, 2.24) is 0 Å². The molecule has 0 radical (unpaired) electrons. The Hall–Kier alpha value is 0.0900. The van der Waals surface area contributed by atoms with Crippen molar-refractivity contribution in [3.8, 4) is 0 Å². The third kappa shape index (κ3) is 4.09. The molecule has 0 aliphatic rings. The number of hydrogen-bond acceptors (Lipinski definition) is 1. The summed E-state index contributed by atoms with van der Waals surface area (Å²) in [5, 5.41) is 2.10. The summed E-state index contributed by atoms with van der Waals surface area (Å²) in [5.74, 6) is 1.18. The van der Waals surface area contributed by atoms with Crippen LogP contribution in [0.4, 0.5) is 0 Å². The van der Waals surface area contributed by atoms with E-state index < -0.39 is 0 Å². The highest BCUT2D eigenvalue weighted by atomic mass is 32.2. The van der Waals surface area contributed by atoms with Crippen molar-refractivity contribution < 1.29 is 0 Å². The summed E-state index contributed by atoms with van der Waals surface area (Å²) in [7, 11) is 0. The summed E-state index contributed by atoms with van der Waals surface area (Å²) in [6.07, 6.45) is 2.05. The molecule has 1 heteroatoms. The molecule has 0 aliphatic heterocycles. The van der Waals surface area contributed by atoms with Crippen molar-refractivity contribution in [3.63, 3.8) is 0 Å². The van der Waals surface area contributed by atoms with Gasteiger partial charge in [-0.2, -0.15) is 0 Å². The molecule has 0 N–H and O–H groups in total. The highest BCUT2D eigenvalue weighted by Crippen LogP contribution is 1.97. The molecule has 0 aromatic heterocycles. The van der Waals surface area contributed by atoms with Crippen molar-refractivity contribution >= 4 is 11.8 Å². The highest BCUT2D eigenvalue weighted by molar-refractivity contribution is 8.02. The molecule has 6 heavy (non-hydrogen) atoms. The zero-order chi connectivity index (χ0) is 4.83. The van der Waals surface area contributed by atoms with Crippen LogP contribution in [0.15, 0.2) is 11.5 Å². The van der Waals surface area contributed by atoms with Crippen LogP contribution in [0.25, 0.3) is 0 Å². The number of rotatable bonds is 2. The molecule has 0 heterocycles. The van der Waals surface area contributed by atoms with Gasteiger partial charge < -0.3 is 0 Å². The van der Waals surface area contributed by atoms with Crippen LogP contribution in [0.1, 0.15) is 13.8 Å². The fourth-order valence-electron chi connectivity index (χ4n) is 0.192. The summed E-state index contributed by atoms with van der Waals surface area (Å²) in [6.45, 7) is 4.17. The Morgan fingerprint density at radius 2 is 2.33 bits per heavy atom. The molecular weight excluding hydrogens is 92.1 g/mol. The smallest absolute Gasteiger partial charge is 0.00546 e. The quantitative estimate of drug-likeness (QED) is 0.515. The van der Waals surface area contributed by atoms with Crippen molar-refractivity contribution in [2.75, 3.05) is 5.75 Å². The van der Waals surface area contributed by atoms with E-state index in [4.69, 9.17) is 0 Å². The number of hydrogen-bond donors (Lipinski definition) is 0. The molecule has 0 unspecified atom stereocenters. The molecule has 0 fully saturated rings. The van der Waals surface area contributed by atoms with Crippen molar-refractivity contribution in [2.45, 2.75) is 13.8 Å². The van der Waals surface area contributed by atoms with Crippen molar-refractivity contribution in [2.24, 2.45) is 0 Å². The van der Waals surface area contributed by atoms with Crippen LogP contribution in [-0.4, -0.2) is 5.75 Å². The van der Waals surface area contributed by atoms with Crippen LogP contribution in [0.5, 0.6) is 0 Å². The molecule has 0 bridgehead atoms. The highest BCUT2D eigenvalue weighted by Gasteiger charge is 1.64. The van der Waals surface area contributed by atoms with Gasteiger partial charge in [0.2, 0.25) is 0 Å². The van der Waals surface area contributed by atoms with Crippen LogP contribution in [0, 0.1) is 0 Å². The van der Waals surface area contributed by atoms with Gasteiger partial charge in [0.25, 0.3) is 0 Å². The summed E-state index contributed by atoms with van der Waals surface area (Å²) in [5.41, 5.74) is 0. The van der Waals surface area contributed by atoms with Crippen molar-refractivity contribution in [1.29, 1.82) is 0 Å². The van der Waals surface area contributed by atoms with Gasteiger partial charge in [0, 0.05) is 0 Å². The van der Waals surface area contributed by atoms with Crippen LogP contribution >= 0.6 is 11.8 Å². The second-order valence-corrected chi connectivity index (χ2v) is 2.11. The van der Waals surface area contributed by atoms with E-state index in [-0.39, 0.29) is 0 Å². The maximum atomic E-state index is 2.14. The molecular formula is C5H10S. The standard InChI is InChI=1S/C5H10S/c1-3-5-6-4-2/h3,5H,4H2,1-2H3. The summed E-state index contributed by atoms with van der Waals surface area (Å²) in [4.78, 5) is 0. The largest absolute Gasteiger partial charge is 0.135 e. The van der Waals surface area contributed by atoms with Gasteiger partial charge in [-0.05, 0) is 18.1 Å². The first-order chi connectivity index (χ1) is 2.91. The SMILES string of the molecule is CC=CSCC. The lowest BCUT2D eigenvalue weighted by atomic mass is 10.8. The third-order valence-electron chi connectivity index (χ3n) is 0.399. The Labute approximate surface area is 43.6 Å². The Kier molecular flexibility index (Phi) is 5.17. The molecule has 0 spiro atoms. The average Bonchev–Trinajstić information content (AvgIpc) is 1.61. The normalized spacial score (nSPS) is 10.3. The predicted molar refractivity (Wildman–Crippen MR) is 32.9 cm³/mol. The zero-order valence-electron chi connectivity index (χ0n) is 4.27. The first kappa shape index (κ1) is 6.09. The maximum Gasteiger partial charge on any atom is -0.00546 e. The predicted octanol–water partition coefficient (Wildman–Crippen LogP) is 2.27. The first-order valence-electron chi connectivity index (χ1n) is 2.14. The summed E-state index contributed by atoms with van der Waals surface area (Å²) < 4.78 is 0. The monoisotopic (exact) mass is 102 g/mol. The lowest BCUT2D eigenvalue weighted by Gasteiger charge is -1.77. The van der Waals surface area contributed by atoms with Gasteiger partial charge >= 0.3 is 0 Å². The fourth-order valence-corrected chi connectivity index (χ4v) is 0.577. The van der Waals surface area contributed by atoms with E-state index in [2.05, 4.69) is 12.3 Å². The molecule has 0 rings (SSSR count). The molecule has 0 saturated heterocycles. The summed E-state index contributed by atoms with van der Waals surface area (Å²) in [6, 6.07) is 0. The second kappa shape index (κ2) is 5.09. The van der Waals surface area contributed by atoms with Crippen LogP contribution in [0.3, 0.4) is 0 Å². The van der Waals surface area contributed by atoms with E-state index >= 15 is 0 Å². The molecule has 0 aliphatic carbocycles. The molecule has 0 saturated carbocycles. The van der Waals surface area contributed by atoms with E-state index in [0.29, 0.717) is 0 Å². The lowest BCUT2D eigenvalue weighted by Crippen LogP contribution is -1.53. The Morgan fingerprint density at radius 1 is 1.67 bits per heavy atom. The van der Waals surface area contributed by atoms with Crippen molar-refractivity contribution in [3.05, 3.63) is 11.5 Å². The Morgan fingerprint density at radius 3 is 2.50 bits per heavy atom. The Balaban J connectivity index is 2.66. The van der Waals surface area contributed by atoms with Gasteiger partial charge in [-0.1, -0.05) is 13.0 Å². The van der Waals surface area contributed by atoms with Gasteiger partial charge in [-0.3, -0.25) is 0 Å². The number of allylic oxidation sites excluding steroid dienone is 1. The minimum absolute atomic E-state index is 1.18. The summed E-state index contributed by atoms with van der Waals surface area (Å²) >= 11 is 1.83. The molecule has 0 aromatic rings. The zero-order valence-corrected chi connectivity index (χ0v) is 5.09. The molecule has 36 valence electrons. The third-order valence-corrected chi connectivity index (χ3v) is 1.20. The molecule has 0 amide bonds. The minimum atomic E-state index is 1.18. The molecule has 0 nitrogen and oxygen atoms in total. The van der Waals surface area contributed by atoms with E-state index in [0.717, 1.165) is 0 Å². The average molecular weight is 102 g/mol. The number of thioether (sulfide) groups is 1. The van der Waals surface area contributed by atoms with E-state index in [9.17, 15) is 0 Å². The van der Waals surface area contributed by atoms with Gasteiger partial charge in [-0.15, -0.1) is 11.8 Å².